The highest BCUT2D eigenvalue weighted by molar-refractivity contribution is 5.89. The molecule has 0 aliphatic carbocycles. The zero-order valence-electron chi connectivity index (χ0n) is 19.0. The number of imidazole rings is 1. The molecule has 11 heteroatoms. The zero-order valence-corrected chi connectivity index (χ0v) is 19.0. The Hall–Kier alpha value is -3.73. The summed E-state index contributed by atoms with van der Waals surface area (Å²) < 4.78 is 37.9. The number of ether oxygens (including phenoxy) is 1. The number of carbonyl (C=O) groups excluding carboxylic acids is 1. The second-order valence-electron chi connectivity index (χ2n) is 8.40. The van der Waals surface area contributed by atoms with E-state index in [-0.39, 0.29) is 43.1 Å². The van der Waals surface area contributed by atoms with Gasteiger partial charge in [0.15, 0.2) is 0 Å². The van der Waals surface area contributed by atoms with Crippen molar-refractivity contribution < 1.29 is 28.2 Å². The predicted molar refractivity (Wildman–Crippen MR) is 121 cm³/mol. The van der Waals surface area contributed by atoms with Crippen LogP contribution in [0.4, 0.5) is 24.1 Å². The van der Waals surface area contributed by atoms with E-state index in [0.29, 0.717) is 11.3 Å². The van der Waals surface area contributed by atoms with Crippen molar-refractivity contribution >= 4 is 23.5 Å². The maximum Gasteiger partial charge on any atom is 0.407 e. The van der Waals surface area contributed by atoms with Gasteiger partial charge in [-0.05, 0) is 36.8 Å². The van der Waals surface area contributed by atoms with E-state index in [1.807, 2.05) is 13.0 Å². The van der Waals surface area contributed by atoms with E-state index in [4.69, 9.17) is 4.74 Å². The van der Waals surface area contributed by atoms with Crippen LogP contribution in [0.1, 0.15) is 11.3 Å². The minimum atomic E-state index is -1.05. The molecular formula is C23H25F2N5O4. The number of benzene rings is 1. The van der Waals surface area contributed by atoms with Gasteiger partial charge in [0.2, 0.25) is 0 Å². The molecule has 2 aromatic heterocycles. The Balaban J connectivity index is 1.77. The third-order valence-electron chi connectivity index (χ3n) is 5.65. The molecular weight excluding hydrogens is 448 g/mol. The number of aryl methyl sites for hydroxylation is 1. The molecule has 3 amide bonds. The highest BCUT2D eigenvalue weighted by Gasteiger charge is 2.28. The molecule has 1 aliphatic rings. The molecule has 0 saturated carbocycles. The molecule has 9 nitrogen and oxygen atoms in total. The molecule has 0 bridgehead atoms. The van der Waals surface area contributed by atoms with Gasteiger partial charge in [-0.1, -0.05) is 0 Å². The molecule has 180 valence electrons. The number of nitrogens with zero attached hydrogens (tertiary/aromatic N) is 4. The molecule has 1 aromatic carbocycles. The SMILES string of the molecule is Cc1ccn2c(C[C@H]3CN(C(=O)O)CCO3)c(-c3c(F)cc(NC(=O)N(C)C)cc3F)nc2c1. The van der Waals surface area contributed by atoms with E-state index in [9.17, 15) is 14.7 Å². The third-order valence-corrected chi connectivity index (χ3v) is 5.65. The minimum Gasteiger partial charge on any atom is -0.465 e. The van der Waals surface area contributed by atoms with Gasteiger partial charge in [-0.15, -0.1) is 0 Å². The second kappa shape index (κ2) is 9.26. The standard InChI is InChI=1S/C23H25F2N5O4/c1-13-4-5-30-18(11-15-12-29(23(32)33)6-7-34-15)21(27-19(30)8-13)20-16(24)9-14(10-17(20)25)26-22(31)28(2)3/h4-5,8-10,15H,6-7,11-12H2,1-3H3,(H,26,31)(H,32,33)/t15-/m0/s1. The van der Waals surface area contributed by atoms with Crippen LogP contribution in [0.2, 0.25) is 0 Å². The van der Waals surface area contributed by atoms with Crippen LogP contribution in [0.25, 0.3) is 16.9 Å². The number of pyridine rings is 1. The van der Waals surface area contributed by atoms with Crippen LogP contribution in [-0.2, 0) is 11.2 Å². The van der Waals surface area contributed by atoms with Gasteiger partial charge in [-0.25, -0.2) is 23.4 Å². The number of nitrogens with one attached hydrogen (secondary N) is 1. The number of fused-ring (bicyclic) bond motifs is 1. The first kappa shape index (κ1) is 23.4. The minimum absolute atomic E-state index is 0.0219. The molecule has 1 fully saturated rings. The van der Waals surface area contributed by atoms with Gasteiger partial charge in [0.25, 0.3) is 0 Å². The monoisotopic (exact) mass is 473 g/mol. The van der Waals surface area contributed by atoms with Crippen LogP contribution >= 0.6 is 0 Å². The highest BCUT2D eigenvalue weighted by Crippen LogP contribution is 2.33. The number of urea groups is 1. The average molecular weight is 473 g/mol. The Morgan fingerprint density at radius 2 is 1.97 bits per heavy atom. The van der Waals surface area contributed by atoms with Crippen LogP contribution in [0.15, 0.2) is 30.5 Å². The molecule has 3 heterocycles. The Labute approximate surface area is 194 Å². The number of rotatable bonds is 4. The van der Waals surface area contributed by atoms with Crippen LogP contribution in [0.3, 0.4) is 0 Å². The van der Waals surface area contributed by atoms with Crippen molar-refractivity contribution in [2.75, 3.05) is 39.1 Å². The number of anilines is 1. The van der Waals surface area contributed by atoms with Crippen LogP contribution in [-0.4, -0.2) is 76.3 Å². The van der Waals surface area contributed by atoms with Gasteiger partial charge in [-0.3, -0.25) is 0 Å². The van der Waals surface area contributed by atoms with Crippen molar-refractivity contribution in [2.24, 2.45) is 0 Å². The summed E-state index contributed by atoms with van der Waals surface area (Å²) >= 11 is 0. The summed E-state index contributed by atoms with van der Waals surface area (Å²) in [6.45, 7) is 2.50. The fourth-order valence-electron chi connectivity index (χ4n) is 3.93. The number of hydrogen-bond donors (Lipinski definition) is 2. The van der Waals surface area contributed by atoms with E-state index in [1.54, 1.807) is 16.7 Å². The lowest BCUT2D eigenvalue weighted by Gasteiger charge is -2.31. The average Bonchev–Trinajstić information content (AvgIpc) is 3.10. The lowest BCUT2D eigenvalue weighted by molar-refractivity contribution is -0.0214. The number of halogens is 2. The van der Waals surface area contributed by atoms with Gasteiger partial charge in [0.1, 0.15) is 17.3 Å². The summed E-state index contributed by atoms with van der Waals surface area (Å²) in [5.41, 5.74) is 1.66. The topological polar surface area (TPSA) is 99.4 Å². The van der Waals surface area contributed by atoms with Gasteiger partial charge >= 0.3 is 12.1 Å². The molecule has 1 aliphatic heterocycles. The first-order valence-corrected chi connectivity index (χ1v) is 10.7. The largest absolute Gasteiger partial charge is 0.465 e. The Bertz CT molecular complexity index is 1240. The maximum absolute atomic E-state index is 15.2. The number of aromatic nitrogens is 2. The van der Waals surface area contributed by atoms with E-state index in [2.05, 4.69) is 10.3 Å². The van der Waals surface area contributed by atoms with Crippen molar-refractivity contribution in [3.8, 4) is 11.3 Å². The van der Waals surface area contributed by atoms with Crippen LogP contribution < -0.4 is 5.32 Å². The first-order chi connectivity index (χ1) is 16.1. The highest BCUT2D eigenvalue weighted by atomic mass is 19.1. The summed E-state index contributed by atoms with van der Waals surface area (Å²) in [6, 6.07) is 5.21. The smallest absolute Gasteiger partial charge is 0.407 e. The van der Waals surface area contributed by atoms with Gasteiger partial charge in [0.05, 0.1) is 36.2 Å². The number of hydrogen-bond acceptors (Lipinski definition) is 4. The molecule has 0 unspecified atom stereocenters. The summed E-state index contributed by atoms with van der Waals surface area (Å²) in [4.78, 5) is 30.3. The molecule has 0 radical (unpaired) electrons. The number of morpholine rings is 1. The number of amides is 3. The zero-order chi connectivity index (χ0) is 24.6. The molecule has 34 heavy (non-hydrogen) atoms. The van der Waals surface area contributed by atoms with E-state index in [0.717, 1.165) is 17.7 Å². The fourth-order valence-corrected chi connectivity index (χ4v) is 3.93. The van der Waals surface area contributed by atoms with Gasteiger partial charge < -0.3 is 29.4 Å². The Morgan fingerprint density at radius 3 is 2.62 bits per heavy atom. The van der Waals surface area contributed by atoms with Gasteiger partial charge in [-0.2, -0.15) is 0 Å². The quantitative estimate of drug-likeness (QED) is 0.603. The molecule has 3 aromatic rings. The summed E-state index contributed by atoms with van der Waals surface area (Å²) in [5.74, 6) is -1.76. The van der Waals surface area contributed by atoms with Crippen LogP contribution in [0, 0.1) is 18.6 Å². The molecule has 1 atom stereocenters. The third kappa shape index (κ3) is 4.65. The second-order valence-corrected chi connectivity index (χ2v) is 8.40. The van der Waals surface area contributed by atoms with Gasteiger partial charge in [0, 0.05) is 38.9 Å². The number of carbonyl (C=O) groups is 2. The predicted octanol–water partition coefficient (Wildman–Crippen LogP) is 3.60. The molecule has 1 saturated heterocycles. The summed E-state index contributed by atoms with van der Waals surface area (Å²) in [7, 11) is 3.03. The Kier molecular flexibility index (Phi) is 6.38. The summed E-state index contributed by atoms with van der Waals surface area (Å²) in [5, 5.41) is 11.8. The van der Waals surface area contributed by atoms with Crippen molar-refractivity contribution in [2.45, 2.75) is 19.4 Å². The van der Waals surface area contributed by atoms with Crippen molar-refractivity contribution in [1.29, 1.82) is 0 Å². The molecule has 0 spiro atoms. The van der Waals surface area contributed by atoms with Crippen molar-refractivity contribution in [1.82, 2.24) is 19.2 Å². The van der Waals surface area contributed by atoms with Crippen molar-refractivity contribution in [3.63, 3.8) is 0 Å². The first-order valence-electron chi connectivity index (χ1n) is 10.7. The lowest BCUT2D eigenvalue weighted by atomic mass is 10.0. The lowest BCUT2D eigenvalue weighted by Crippen LogP contribution is -2.45. The van der Waals surface area contributed by atoms with E-state index < -0.39 is 29.9 Å². The van der Waals surface area contributed by atoms with Crippen molar-refractivity contribution in [3.05, 3.63) is 53.4 Å². The van der Waals surface area contributed by atoms with Crippen LogP contribution in [0.5, 0.6) is 0 Å². The van der Waals surface area contributed by atoms with E-state index >= 15 is 8.78 Å². The maximum atomic E-state index is 15.2. The Morgan fingerprint density at radius 1 is 1.26 bits per heavy atom. The molecule has 2 N–H and O–H groups in total. The van der Waals surface area contributed by atoms with E-state index in [1.165, 1.54) is 23.9 Å². The fraction of sp³-hybridized carbons (Fsp3) is 0.348. The number of carboxylic acid groups (broad SMARTS) is 1. The summed E-state index contributed by atoms with van der Waals surface area (Å²) in [6.07, 6.45) is 0.404. The normalized spacial score (nSPS) is 16.0. The molecule has 4 rings (SSSR count).